The van der Waals surface area contributed by atoms with E-state index in [9.17, 15) is 0 Å². The molecule has 0 spiro atoms. The monoisotopic (exact) mass is 544 g/mol. The summed E-state index contributed by atoms with van der Waals surface area (Å²) in [6.45, 7) is -0.0702. The van der Waals surface area contributed by atoms with E-state index in [0.29, 0.717) is 0 Å². The quantitative estimate of drug-likeness (QED) is 0.200. The smallest absolute Gasteiger partial charge is 0.361 e. The number of hydrogen-bond donors (Lipinski definition) is 0. The van der Waals surface area contributed by atoms with Gasteiger partial charge >= 0.3 is 6.98 Å². The first-order chi connectivity index (χ1) is 21.4. The molecule has 7 aromatic carbocycles. The van der Waals surface area contributed by atoms with Gasteiger partial charge in [-0.05, 0) is 74.6 Å². The van der Waals surface area contributed by atoms with Gasteiger partial charge in [-0.2, -0.15) is 0 Å². The van der Waals surface area contributed by atoms with E-state index >= 15 is 0 Å². The average molecular weight is 544 g/mol. The van der Waals surface area contributed by atoms with Gasteiger partial charge in [0, 0.05) is 39.3 Å². The topological polar surface area (TPSA) is 6.48 Å². The fraction of sp³-hybridized carbons (Fsp3) is 0. The van der Waals surface area contributed by atoms with Gasteiger partial charge in [0.25, 0.3) is 0 Å². The van der Waals surface area contributed by atoms with Crippen molar-refractivity contribution in [2.45, 2.75) is 0 Å². The molecule has 1 aliphatic carbocycles. The van der Waals surface area contributed by atoms with Crippen LogP contribution in [0, 0.1) is 0 Å². The van der Waals surface area contributed by atoms with E-state index in [4.69, 9.17) is 0 Å². The Balaban J connectivity index is 1.33. The summed E-state index contributed by atoms with van der Waals surface area (Å²) in [4.78, 5) is 5.16. The summed E-state index contributed by atoms with van der Waals surface area (Å²) in [7, 11) is 0. The Morgan fingerprint density at radius 2 is 0.837 bits per heavy atom. The second-order valence-electron chi connectivity index (χ2n) is 11.7. The molecule has 0 saturated heterocycles. The van der Waals surface area contributed by atoms with Crippen molar-refractivity contribution in [1.29, 1.82) is 0 Å². The van der Waals surface area contributed by atoms with Crippen LogP contribution >= 0.6 is 0 Å². The molecular weight excluding hydrogens is 519 g/mol. The fourth-order valence-electron chi connectivity index (χ4n) is 7.91. The third kappa shape index (κ3) is 2.98. The van der Waals surface area contributed by atoms with Crippen molar-refractivity contribution < 1.29 is 0 Å². The Bertz CT molecular complexity index is 2230. The second-order valence-corrected chi connectivity index (χ2v) is 11.7. The molecule has 0 N–H and O–H groups in total. The Hall–Kier alpha value is -5.54. The predicted octanol–water partition coefficient (Wildman–Crippen LogP) is 9.82. The summed E-state index contributed by atoms with van der Waals surface area (Å²) in [5.41, 5.74) is 16.7. The molecule has 0 radical (unpaired) electrons. The first-order valence-electron chi connectivity index (χ1n) is 15.0. The van der Waals surface area contributed by atoms with Gasteiger partial charge in [-0.25, -0.2) is 0 Å². The van der Waals surface area contributed by atoms with E-state index in [0.717, 1.165) is 0 Å². The maximum Gasteiger partial charge on any atom is 0.421 e. The number of fused-ring (bicyclic) bond motifs is 7. The lowest BCUT2D eigenvalue weighted by molar-refractivity contribution is 1.27. The number of anilines is 4. The number of rotatable bonds is 2. The number of benzene rings is 7. The van der Waals surface area contributed by atoms with Crippen molar-refractivity contribution in [3.05, 3.63) is 152 Å². The van der Waals surface area contributed by atoms with Crippen LogP contribution in [0.15, 0.2) is 152 Å². The van der Waals surface area contributed by atoms with Gasteiger partial charge in [-0.3, -0.25) is 0 Å². The molecule has 3 heteroatoms. The lowest BCUT2D eigenvalue weighted by atomic mass is 9.53. The van der Waals surface area contributed by atoms with Crippen LogP contribution in [0.3, 0.4) is 0 Å². The van der Waals surface area contributed by atoms with Gasteiger partial charge in [0.1, 0.15) is 0 Å². The van der Waals surface area contributed by atoms with E-state index < -0.39 is 0 Å². The molecule has 7 aromatic rings. The SMILES string of the molecule is c1ccc(N2B3c4c(cccc4-c4ccccc4N3c3ccc4c5c(cccc35)-c3ccccc3-4)-c3ccccc32)cc1. The van der Waals surface area contributed by atoms with Crippen LogP contribution < -0.4 is 15.1 Å². The molecular formula is C40H25BN2. The summed E-state index contributed by atoms with van der Waals surface area (Å²) in [5.74, 6) is 0. The average Bonchev–Trinajstić information content (AvgIpc) is 3.41. The second kappa shape index (κ2) is 8.50. The van der Waals surface area contributed by atoms with E-state index in [2.05, 4.69) is 161 Å². The van der Waals surface area contributed by atoms with Crippen molar-refractivity contribution in [1.82, 2.24) is 0 Å². The van der Waals surface area contributed by atoms with Crippen molar-refractivity contribution >= 4 is 46.0 Å². The highest BCUT2D eigenvalue weighted by atomic mass is 15.2. The highest BCUT2D eigenvalue weighted by Crippen LogP contribution is 2.53. The molecule has 0 aromatic heterocycles. The van der Waals surface area contributed by atoms with Gasteiger partial charge in [0.05, 0.1) is 0 Å². The minimum absolute atomic E-state index is 0.0702. The van der Waals surface area contributed by atoms with Gasteiger partial charge in [-0.15, -0.1) is 0 Å². The number of hydrogen-bond acceptors (Lipinski definition) is 2. The van der Waals surface area contributed by atoms with Crippen LogP contribution in [0.1, 0.15) is 0 Å². The molecule has 43 heavy (non-hydrogen) atoms. The third-order valence-electron chi connectivity index (χ3n) is 9.58. The molecule has 0 bridgehead atoms. The van der Waals surface area contributed by atoms with Crippen LogP contribution in [0.2, 0.25) is 0 Å². The molecule has 198 valence electrons. The first kappa shape index (κ1) is 23.1. The lowest BCUT2D eigenvalue weighted by Gasteiger charge is -2.48. The van der Waals surface area contributed by atoms with Gasteiger partial charge in [0.15, 0.2) is 0 Å². The van der Waals surface area contributed by atoms with Crippen molar-refractivity contribution in [3.63, 3.8) is 0 Å². The van der Waals surface area contributed by atoms with Crippen LogP contribution in [-0.2, 0) is 0 Å². The molecule has 0 saturated carbocycles. The van der Waals surface area contributed by atoms with Crippen molar-refractivity contribution in [2.75, 3.05) is 9.62 Å². The molecule has 2 aliphatic heterocycles. The molecule has 0 atom stereocenters. The highest BCUT2D eigenvalue weighted by molar-refractivity contribution is 6.86. The van der Waals surface area contributed by atoms with Crippen LogP contribution in [-0.4, -0.2) is 6.98 Å². The van der Waals surface area contributed by atoms with E-state index in [1.54, 1.807) is 0 Å². The zero-order chi connectivity index (χ0) is 28.1. The Labute approximate surface area is 251 Å². The Morgan fingerprint density at radius 3 is 1.53 bits per heavy atom. The largest absolute Gasteiger partial charge is 0.421 e. The normalized spacial score (nSPS) is 13.4. The molecule has 2 nitrogen and oxygen atoms in total. The minimum Gasteiger partial charge on any atom is -0.361 e. The molecule has 0 fully saturated rings. The molecule has 10 rings (SSSR count). The maximum atomic E-state index is 2.61. The molecule has 2 heterocycles. The number of nitrogens with zero attached hydrogens (tertiary/aromatic N) is 2. The number of para-hydroxylation sites is 3. The van der Waals surface area contributed by atoms with Gasteiger partial charge in [0.2, 0.25) is 0 Å². The summed E-state index contributed by atoms with van der Waals surface area (Å²) in [6.07, 6.45) is 0. The zero-order valence-electron chi connectivity index (χ0n) is 23.4. The molecule has 0 unspecified atom stereocenters. The minimum atomic E-state index is -0.0702. The van der Waals surface area contributed by atoms with Crippen LogP contribution in [0.25, 0.3) is 55.3 Å². The fourth-order valence-corrected chi connectivity index (χ4v) is 7.91. The zero-order valence-corrected chi connectivity index (χ0v) is 23.4. The molecule has 0 amide bonds. The van der Waals surface area contributed by atoms with Gasteiger partial charge in [-0.1, -0.05) is 121 Å². The summed E-state index contributed by atoms with van der Waals surface area (Å²) >= 11 is 0. The predicted molar refractivity (Wildman–Crippen MR) is 182 cm³/mol. The van der Waals surface area contributed by atoms with E-state index in [-0.39, 0.29) is 6.98 Å². The summed E-state index contributed by atoms with van der Waals surface area (Å²) in [6, 6.07) is 55.9. The van der Waals surface area contributed by atoms with E-state index in [1.807, 2.05) is 0 Å². The molecule has 3 aliphatic rings. The Morgan fingerprint density at radius 1 is 0.326 bits per heavy atom. The maximum absolute atomic E-state index is 2.61. The van der Waals surface area contributed by atoms with Crippen LogP contribution in [0.4, 0.5) is 22.7 Å². The first-order valence-corrected chi connectivity index (χ1v) is 15.0. The summed E-state index contributed by atoms with van der Waals surface area (Å²) in [5, 5.41) is 2.63. The summed E-state index contributed by atoms with van der Waals surface area (Å²) < 4.78 is 0. The van der Waals surface area contributed by atoms with E-state index in [1.165, 1.54) is 83.5 Å². The lowest BCUT2D eigenvalue weighted by Crippen LogP contribution is -2.61. The van der Waals surface area contributed by atoms with Crippen molar-refractivity contribution in [2.24, 2.45) is 0 Å². The third-order valence-corrected chi connectivity index (χ3v) is 9.58. The van der Waals surface area contributed by atoms with Crippen LogP contribution in [0.5, 0.6) is 0 Å². The highest BCUT2D eigenvalue weighted by Gasteiger charge is 2.47. The van der Waals surface area contributed by atoms with Crippen molar-refractivity contribution in [3.8, 4) is 44.5 Å². The van der Waals surface area contributed by atoms with Gasteiger partial charge < -0.3 is 9.62 Å². The standard InChI is InChI=1S/C40H25BN2/c1-2-12-26(13-3-1)42-36-22-8-6-16-29(36)33-19-11-20-34-30-17-7-9-23-37(30)43(41(42)40(33)34)38-25-24-32-28-15-5-4-14-27(28)31-18-10-21-35(38)39(31)32/h1-25H. The Kier molecular flexibility index (Phi) is 4.56.